The molecule has 7 nitrogen and oxygen atoms in total. The van der Waals surface area contributed by atoms with Crippen LogP contribution in [0.4, 0.5) is 4.39 Å². The average molecular weight is 503 g/mol. The van der Waals surface area contributed by atoms with E-state index < -0.39 is 41.0 Å². The van der Waals surface area contributed by atoms with Crippen LogP contribution in [0, 0.1) is 0 Å². The maximum atomic E-state index is 15.8. The van der Waals surface area contributed by atoms with Crippen LogP contribution < -0.4 is 11.2 Å². The Morgan fingerprint density at radius 3 is 1.86 bits per heavy atom. The monoisotopic (exact) mass is 502 g/mol. The highest BCUT2D eigenvalue weighted by Gasteiger charge is 2.56. The summed E-state index contributed by atoms with van der Waals surface area (Å²) in [6.45, 7) is 0.979. The number of hydrogen-bond acceptors (Lipinski definition) is 5. The van der Waals surface area contributed by atoms with Gasteiger partial charge in [0.15, 0.2) is 11.9 Å². The van der Waals surface area contributed by atoms with Crippen molar-refractivity contribution in [2.75, 3.05) is 6.61 Å². The molecule has 8 heteroatoms. The quantitative estimate of drug-likeness (QED) is 0.377. The number of alkyl halides is 1. The number of aliphatic hydroxyl groups is 1. The molecule has 4 atom stereocenters. The van der Waals surface area contributed by atoms with Gasteiger partial charge in [-0.05, 0) is 23.6 Å². The molecule has 1 saturated heterocycles. The van der Waals surface area contributed by atoms with E-state index in [4.69, 9.17) is 9.47 Å². The van der Waals surface area contributed by atoms with Crippen LogP contribution in [0.15, 0.2) is 113 Å². The Kier molecular flexibility index (Phi) is 6.64. The van der Waals surface area contributed by atoms with Crippen molar-refractivity contribution in [1.82, 2.24) is 9.55 Å². The van der Waals surface area contributed by atoms with Crippen LogP contribution in [-0.2, 0) is 15.1 Å². The zero-order valence-electron chi connectivity index (χ0n) is 20.2. The number of hydrogen-bond donors (Lipinski definition) is 2. The highest BCUT2D eigenvalue weighted by molar-refractivity contribution is 5.47. The first-order valence-electron chi connectivity index (χ1n) is 12.0. The van der Waals surface area contributed by atoms with Gasteiger partial charge in [0.05, 0.1) is 6.61 Å². The zero-order chi connectivity index (χ0) is 26.0. The summed E-state index contributed by atoms with van der Waals surface area (Å²) < 4.78 is 29.3. The highest BCUT2D eigenvalue weighted by atomic mass is 19.1. The fourth-order valence-corrected chi connectivity index (χ4v) is 4.94. The van der Waals surface area contributed by atoms with Gasteiger partial charge < -0.3 is 14.6 Å². The molecule has 2 heterocycles. The van der Waals surface area contributed by atoms with E-state index in [1.165, 1.54) is 6.92 Å². The van der Waals surface area contributed by atoms with Crippen molar-refractivity contribution >= 4 is 0 Å². The first-order valence-corrected chi connectivity index (χ1v) is 12.0. The van der Waals surface area contributed by atoms with E-state index in [1.54, 1.807) is 0 Å². The lowest BCUT2D eigenvalue weighted by molar-refractivity contribution is -0.0968. The van der Waals surface area contributed by atoms with Gasteiger partial charge in [-0.25, -0.2) is 9.18 Å². The van der Waals surface area contributed by atoms with Crippen molar-refractivity contribution in [3.8, 4) is 0 Å². The highest BCUT2D eigenvalue weighted by Crippen LogP contribution is 2.44. The number of nitrogens with one attached hydrogen (secondary N) is 1. The number of aromatic nitrogens is 2. The molecule has 0 bridgehead atoms. The lowest BCUT2D eigenvalue weighted by Gasteiger charge is -2.37. The van der Waals surface area contributed by atoms with Gasteiger partial charge in [-0.15, -0.1) is 0 Å². The lowest BCUT2D eigenvalue weighted by atomic mass is 9.80. The Labute approximate surface area is 212 Å². The normalized spacial score (nSPS) is 23.7. The van der Waals surface area contributed by atoms with Crippen molar-refractivity contribution in [1.29, 1.82) is 0 Å². The third kappa shape index (κ3) is 4.44. The predicted molar refractivity (Wildman–Crippen MR) is 136 cm³/mol. The van der Waals surface area contributed by atoms with Crippen LogP contribution in [0.5, 0.6) is 0 Å². The van der Waals surface area contributed by atoms with E-state index in [1.807, 2.05) is 91.0 Å². The Morgan fingerprint density at radius 1 is 0.919 bits per heavy atom. The minimum Gasteiger partial charge on any atom is -0.387 e. The molecule has 1 aromatic heterocycles. The molecule has 0 radical (unpaired) electrons. The number of rotatable bonds is 7. The summed E-state index contributed by atoms with van der Waals surface area (Å²) in [4.78, 5) is 25.9. The van der Waals surface area contributed by atoms with Crippen molar-refractivity contribution in [3.63, 3.8) is 0 Å². The number of benzene rings is 3. The molecule has 2 N–H and O–H groups in total. The Hall–Kier alpha value is -3.85. The second-order valence-corrected chi connectivity index (χ2v) is 9.23. The van der Waals surface area contributed by atoms with Crippen LogP contribution in [0.1, 0.15) is 29.8 Å². The van der Waals surface area contributed by atoms with Gasteiger partial charge in [-0.2, -0.15) is 0 Å². The first-order chi connectivity index (χ1) is 17.8. The summed E-state index contributed by atoms with van der Waals surface area (Å²) in [5.41, 5.74) is -2.33. The van der Waals surface area contributed by atoms with Crippen molar-refractivity contribution in [2.24, 2.45) is 0 Å². The number of halogens is 1. The topological polar surface area (TPSA) is 93.5 Å². The fraction of sp³-hybridized carbons (Fsp3) is 0.241. The summed E-state index contributed by atoms with van der Waals surface area (Å²) in [5.74, 6) is 0. The summed E-state index contributed by atoms with van der Waals surface area (Å²) in [6, 6.07) is 30.0. The van der Waals surface area contributed by atoms with Crippen LogP contribution in [0.25, 0.3) is 0 Å². The van der Waals surface area contributed by atoms with Gasteiger partial charge in [0.1, 0.15) is 17.8 Å². The number of aromatic amines is 1. The average Bonchev–Trinajstić information content (AvgIpc) is 3.14. The van der Waals surface area contributed by atoms with E-state index in [9.17, 15) is 14.7 Å². The summed E-state index contributed by atoms with van der Waals surface area (Å²) in [6.07, 6.45) is -3.01. The Balaban J connectivity index is 1.55. The van der Waals surface area contributed by atoms with Gasteiger partial charge in [0.25, 0.3) is 5.56 Å². The molecule has 1 aliphatic rings. The van der Waals surface area contributed by atoms with Gasteiger partial charge in [0, 0.05) is 12.3 Å². The molecule has 0 saturated carbocycles. The molecule has 37 heavy (non-hydrogen) atoms. The molecule has 0 unspecified atom stereocenters. The van der Waals surface area contributed by atoms with Gasteiger partial charge in [0.2, 0.25) is 0 Å². The molecular formula is C29H27FN2O5. The van der Waals surface area contributed by atoms with Crippen molar-refractivity contribution in [2.45, 2.75) is 36.6 Å². The molecular weight excluding hydrogens is 475 g/mol. The molecule has 0 amide bonds. The number of ether oxygens (including phenoxy) is 2. The smallest absolute Gasteiger partial charge is 0.330 e. The van der Waals surface area contributed by atoms with Crippen molar-refractivity contribution < 1.29 is 19.0 Å². The number of nitrogens with zero attached hydrogens (tertiary/aromatic N) is 1. The molecule has 1 aliphatic heterocycles. The minimum atomic E-state index is -2.33. The Morgan fingerprint density at radius 2 is 1.41 bits per heavy atom. The fourth-order valence-electron chi connectivity index (χ4n) is 4.94. The molecule has 190 valence electrons. The molecule has 0 spiro atoms. The first kappa shape index (κ1) is 24.8. The van der Waals surface area contributed by atoms with E-state index in [2.05, 4.69) is 4.98 Å². The third-order valence-electron chi connectivity index (χ3n) is 6.83. The predicted octanol–water partition coefficient (Wildman–Crippen LogP) is 3.53. The van der Waals surface area contributed by atoms with E-state index in [-0.39, 0.29) is 6.61 Å². The van der Waals surface area contributed by atoms with E-state index in [0.717, 1.165) is 33.5 Å². The maximum absolute atomic E-state index is 15.8. The van der Waals surface area contributed by atoms with Gasteiger partial charge in [-0.3, -0.25) is 14.3 Å². The van der Waals surface area contributed by atoms with Crippen LogP contribution in [-0.4, -0.2) is 39.1 Å². The summed E-state index contributed by atoms with van der Waals surface area (Å²) in [7, 11) is 0. The van der Waals surface area contributed by atoms with Crippen LogP contribution in [0.3, 0.4) is 0 Å². The molecule has 3 aromatic carbocycles. The SMILES string of the molecule is C[C@@]1(F)[C@H](O)[C@@H](COC(c2ccccc2)(c2ccccc2)c2ccccc2)O[C@H]1n1ccc(=O)[nH]c1=O. The van der Waals surface area contributed by atoms with Crippen molar-refractivity contribution in [3.05, 3.63) is 141 Å². The largest absolute Gasteiger partial charge is 0.387 e. The van der Waals surface area contributed by atoms with Gasteiger partial charge in [-0.1, -0.05) is 91.0 Å². The number of H-pyrrole nitrogens is 1. The summed E-state index contributed by atoms with van der Waals surface area (Å²) in [5, 5.41) is 10.9. The molecule has 0 aliphatic carbocycles. The van der Waals surface area contributed by atoms with E-state index in [0.29, 0.717) is 0 Å². The van der Waals surface area contributed by atoms with Crippen LogP contribution in [0.2, 0.25) is 0 Å². The second kappa shape index (κ2) is 9.89. The minimum absolute atomic E-state index is 0.187. The summed E-state index contributed by atoms with van der Waals surface area (Å²) >= 11 is 0. The lowest BCUT2D eigenvalue weighted by Crippen LogP contribution is -2.44. The third-order valence-corrected chi connectivity index (χ3v) is 6.83. The molecule has 1 fully saturated rings. The molecule has 5 rings (SSSR count). The Bertz CT molecular complexity index is 1360. The zero-order valence-corrected chi connectivity index (χ0v) is 20.2. The number of aliphatic hydroxyl groups excluding tert-OH is 1. The van der Waals surface area contributed by atoms with Gasteiger partial charge >= 0.3 is 5.69 Å². The second-order valence-electron chi connectivity index (χ2n) is 9.23. The standard InChI is InChI=1S/C29H27FN2O5/c1-28(30)25(34)23(37-26(28)32-18-17-24(33)31-27(32)35)19-36-29(20-11-5-2-6-12-20,21-13-7-3-8-14-21)22-15-9-4-10-16-22/h2-18,23,25-26,34H,19H2,1H3,(H,31,33,35)/t23-,25-,26-,28-/m1/s1. The van der Waals surface area contributed by atoms with E-state index >= 15 is 4.39 Å². The maximum Gasteiger partial charge on any atom is 0.330 e. The molecule has 4 aromatic rings. The van der Waals surface area contributed by atoms with Crippen LogP contribution >= 0.6 is 0 Å².